The lowest BCUT2D eigenvalue weighted by atomic mass is 9.90. The van der Waals surface area contributed by atoms with Crippen LogP contribution in [-0.2, 0) is 12.6 Å². The number of allylic oxidation sites excluding steroid dienone is 1. The number of carbonyl (C=O) groups excluding carboxylic acids is 1. The Kier molecular flexibility index (Phi) is 4.70. The molecule has 0 saturated carbocycles. The van der Waals surface area contributed by atoms with Gasteiger partial charge in [-0.2, -0.15) is 18.3 Å². The molecule has 1 aliphatic carbocycles. The lowest BCUT2D eigenvalue weighted by molar-refractivity contribution is -0.137. The van der Waals surface area contributed by atoms with Crippen molar-refractivity contribution < 1.29 is 18.0 Å². The van der Waals surface area contributed by atoms with E-state index in [9.17, 15) is 18.0 Å². The molecular weight excluding hydrogens is 381 g/mol. The maximum atomic E-state index is 13.0. The molecule has 0 atom stereocenters. The number of nitrogens with one attached hydrogen (secondary N) is 1. The number of pyridine rings is 1. The second-order valence-corrected chi connectivity index (χ2v) is 6.73. The number of aromatic nitrogens is 3. The summed E-state index contributed by atoms with van der Waals surface area (Å²) >= 11 is 0. The van der Waals surface area contributed by atoms with Crippen LogP contribution in [0, 0.1) is 6.92 Å². The standard InChI is InChI=1S/C21H17F3N4O/c1-13-19-17(28(27-13)18-7-2-3-10-25-18)9-8-14(20(19)29)12-26-16-6-4-5-15(11-16)21(22,23)24/h2-7,10-12,26H,8-9H2,1H3. The first-order chi connectivity index (χ1) is 13.8. The molecule has 148 valence electrons. The largest absolute Gasteiger partial charge is 0.416 e. The summed E-state index contributed by atoms with van der Waals surface area (Å²) in [5, 5.41) is 7.29. The molecule has 0 unspecified atom stereocenters. The van der Waals surface area contributed by atoms with Crippen LogP contribution in [0.1, 0.15) is 33.7 Å². The van der Waals surface area contributed by atoms with Crippen molar-refractivity contribution >= 4 is 11.5 Å². The summed E-state index contributed by atoms with van der Waals surface area (Å²) in [6.07, 6.45) is -0.242. The molecule has 5 nitrogen and oxygen atoms in total. The van der Waals surface area contributed by atoms with Crippen molar-refractivity contribution in [1.82, 2.24) is 14.8 Å². The number of rotatable bonds is 3. The monoisotopic (exact) mass is 398 g/mol. The molecule has 29 heavy (non-hydrogen) atoms. The number of carbonyl (C=O) groups is 1. The summed E-state index contributed by atoms with van der Waals surface area (Å²) in [6, 6.07) is 10.3. The van der Waals surface area contributed by atoms with Crippen molar-refractivity contribution in [3.05, 3.63) is 82.9 Å². The van der Waals surface area contributed by atoms with E-state index >= 15 is 0 Å². The molecule has 4 rings (SSSR count). The second-order valence-electron chi connectivity index (χ2n) is 6.73. The van der Waals surface area contributed by atoms with Gasteiger partial charge in [-0.3, -0.25) is 4.79 Å². The fraction of sp³-hybridized carbons (Fsp3) is 0.190. The van der Waals surface area contributed by atoms with Gasteiger partial charge in [-0.05, 0) is 50.1 Å². The van der Waals surface area contributed by atoms with E-state index in [4.69, 9.17) is 0 Å². The zero-order valence-corrected chi connectivity index (χ0v) is 15.5. The second kappa shape index (κ2) is 7.20. The highest BCUT2D eigenvalue weighted by molar-refractivity contribution is 6.11. The third-order valence-electron chi connectivity index (χ3n) is 4.78. The number of benzene rings is 1. The molecular formula is C21H17F3N4O. The van der Waals surface area contributed by atoms with Crippen LogP contribution < -0.4 is 5.32 Å². The summed E-state index contributed by atoms with van der Waals surface area (Å²) in [4.78, 5) is 17.3. The number of hydrogen-bond acceptors (Lipinski definition) is 4. The Hall–Kier alpha value is -3.42. The van der Waals surface area contributed by atoms with Gasteiger partial charge < -0.3 is 5.32 Å². The van der Waals surface area contributed by atoms with Crippen molar-refractivity contribution in [2.45, 2.75) is 25.9 Å². The Morgan fingerprint density at radius 3 is 2.69 bits per heavy atom. The molecule has 0 aliphatic heterocycles. The molecule has 0 fully saturated rings. The van der Waals surface area contributed by atoms with Crippen molar-refractivity contribution in [3.63, 3.8) is 0 Å². The van der Waals surface area contributed by atoms with Crippen molar-refractivity contribution in [2.75, 3.05) is 5.32 Å². The fourth-order valence-electron chi connectivity index (χ4n) is 3.39. The number of halogens is 3. The number of fused-ring (bicyclic) bond motifs is 1. The van der Waals surface area contributed by atoms with E-state index in [2.05, 4.69) is 15.4 Å². The highest BCUT2D eigenvalue weighted by Crippen LogP contribution is 2.32. The molecule has 0 spiro atoms. The molecule has 3 aromatic rings. The minimum absolute atomic E-state index is 0.176. The summed E-state index contributed by atoms with van der Waals surface area (Å²) in [5.74, 6) is 0.463. The van der Waals surface area contributed by atoms with Gasteiger partial charge >= 0.3 is 6.18 Å². The Morgan fingerprint density at radius 2 is 1.97 bits per heavy atom. The van der Waals surface area contributed by atoms with Crippen LogP contribution in [0.5, 0.6) is 0 Å². The van der Waals surface area contributed by atoms with Gasteiger partial charge in [0.05, 0.1) is 22.5 Å². The Balaban J connectivity index is 1.61. The Bertz CT molecular complexity index is 1100. The molecule has 0 bridgehead atoms. The van der Waals surface area contributed by atoms with Gasteiger partial charge in [-0.15, -0.1) is 0 Å². The number of ketones is 1. The van der Waals surface area contributed by atoms with Gasteiger partial charge in [0.25, 0.3) is 0 Å². The lowest BCUT2D eigenvalue weighted by Crippen LogP contribution is -2.17. The van der Waals surface area contributed by atoms with Gasteiger partial charge in [0, 0.05) is 23.7 Å². The predicted molar refractivity (Wildman–Crippen MR) is 102 cm³/mol. The van der Waals surface area contributed by atoms with Gasteiger partial charge in [-0.25, -0.2) is 9.67 Å². The number of aryl methyl sites for hydroxylation is 1. The molecule has 1 aromatic carbocycles. The van der Waals surface area contributed by atoms with Crippen LogP contribution in [-0.4, -0.2) is 20.5 Å². The number of nitrogens with zero attached hydrogens (tertiary/aromatic N) is 3. The van der Waals surface area contributed by atoms with E-state index in [0.29, 0.717) is 35.5 Å². The number of hydrogen-bond donors (Lipinski definition) is 1. The molecule has 1 aliphatic rings. The smallest absolute Gasteiger partial charge is 0.361 e. The third kappa shape index (κ3) is 3.65. The summed E-state index contributed by atoms with van der Waals surface area (Å²) < 4.78 is 40.3. The fourth-order valence-corrected chi connectivity index (χ4v) is 3.39. The van der Waals surface area contributed by atoms with Crippen molar-refractivity contribution in [3.8, 4) is 5.82 Å². The highest BCUT2D eigenvalue weighted by atomic mass is 19.4. The normalized spacial score (nSPS) is 15.4. The van der Waals surface area contributed by atoms with Crippen LogP contribution in [0.15, 0.2) is 60.4 Å². The molecule has 0 radical (unpaired) electrons. The minimum Gasteiger partial charge on any atom is -0.361 e. The Labute approximate surface area is 164 Å². The van der Waals surface area contributed by atoms with Crippen LogP contribution in [0.4, 0.5) is 18.9 Å². The SMILES string of the molecule is Cc1nn(-c2ccccn2)c2c1C(=O)C(=CNc1cccc(C(F)(F)F)c1)CC2. The Morgan fingerprint density at radius 1 is 1.14 bits per heavy atom. The summed E-state index contributed by atoms with van der Waals surface area (Å²) in [5.41, 5.74) is 1.94. The first kappa shape index (κ1) is 18.9. The van der Waals surface area contributed by atoms with E-state index in [-0.39, 0.29) is 11.5 Å². The zero-order chi connectivity index (χ0) is 20.6. The van der Waals surface area contributed by atoms with Gasteiger partial charge in [0.15, 0.2) is 11.6 Å². The minimum atomic E-state index is -4.42. The van der Waals surface area contributed by atoms with Crippen LogP contribution in [0.25, 0.3) is 5.82 Å². The van der Waals surface area contributed by atoms with Crippen molar-refractivity contribution in [1.29, 1.82) is 0 Å². The maximum absolute atomic E-state index is 13.0. The first-order valence-electron chi connectivity index (χ1n) is 9.02. The topological polar surface area (TPSA) is 59.8 Å². The summed E-state index contributed by atoms with van der Waals surface area (Å²) in [6.45, 7) is 1.76. The van der Waals surface area contributed by atoms with Crippen molar-refractivity contribution in [2.24, 2.45) is 0 Å². The predicted octanol–water partition coefficient (Wildman–Crippen LogP) is 4.72. The van der Waals surface area contributed by atoms with E-state index in [1.165, 1.54) is 18.3 Å². The molecule has 2 heterocycles. The van der Waals surface area contributed by atoms with Crippen LogP contribution in [0.3, 0.4) is 0 Å². The number of anilines is 1. The first-order valence-corrected chi connectivity index (χ1v) is 9.02. The maximum Gasteiger partial charge on any atom is 0.416 e. The quantitative estimate of drug-likeness (QED) is 0.649. The van der Waals surface area contributed by atoms with Crippen LogP contribution >= 0.6 is 0 Å². The molecule has 8 heteroatoms. The van der Waals surface area contributed by atoms with Gasteiger partial charge in [0.1, 0.15) is 0 Å². The molecule has 2 aromatic heterocycles. The van der Waals surface area contributed by atoms with Crippen LogP contribution in [0.2, 0.25) is 0 Å². The van der Waals surface area contributed by atoms with E-state index < -0.39 is 11.7 Å². The zero-order valence-electron chi connectivity index (χ0n) is 15.5. The number of alkyl halides is 3. The third-order valence-corrected chi connectivity index (χ3v) is 4.78. The average molecular weight is 398 g/mol. The van der Waals surface area contributed by atoms with E-state index in [1.54, 1.807) is 23.9 Å². The highest BCUT2D eigenvalue weighted by Gasteiger charge is 2.31. The average Bonchev–Trinajstić information content (AvgIpc) is 3.05. The number of Topliss-reactive ketones (excluding diaryl/α,β-unsaturated/α-hetero) is 1. The van der Waals surface area contributed by atoms with E-state index in [1.807, 2.05) is 12.1 Å². The summed E-state index contributed by atoms with van der Waals surface area (Å²) in [7, 11) is 0. The molecule has 0 amide bonds. The molecule has 1 N–H and O–H groups in total. The molecule has 0 saturated heterocycles. The van der Waals surface area contributed by atoms with Gasteiger partial charge in [0.2, 0.25) is 0 Å². The lowest BCUT2D eigenvalue weighted by Gasteiger charge is -2.16. The van der Waals surface area contributed by atoms with Gasteiger partial charge in [-0.1, -0.05) is 12.1 Å². The van der Waals surface area contributed by atoms with E-state index in [0.717, 1.165) is 17.8 Å².